The Labute approximate surface area is 136 Å². The fraction of sp³-hybridized carbons (Fsp3) is 0.529. The number of aryl methyl sites for hydroxylation is 1. The zero-order chi connectivity index (χ0) is 16.2. The van der Waals surface area contributed by atoms with Crippen LogP contribution in [0, 0.1) is 6.92 Å². The number of hydrogen-bond donors (Lipinski definition) is 2. The molecule has 2 heterocycles. The molecule has 0 saturated carbocycles. The first-order valence-corrected chi connectivity index (χ1v) is 8.27. The minimum absolute atomic E-state index is 0.0548. The van der Waals surface area contributed by atoms with Crippen LogP contribution in [-0.4, -0.2) is 51.9 Å². The maximum atomic E-state index is 12.1. The van der Waals surface area contributed by atoms with E-state index >= 15 is 0 Å². The van der Waals surface area contributed by atoms with Crippen LogP contribution in [0.25, 0.3) is 10.9 Å². The van der Waals surface area contributed by atoms with Gasteiger partial charge in [0.1, 0.15) is 0 Å². The number of rotatable bonds is 5. The molecule has 0 radical (unpaired) electrons. The van der Waals surface area contributed by atoms with Gasteiger partial charge in [-0.1, -0.05) is 6.42 Å². The van der Waals surface area contributed by atoms with E-state index in [9.17, 15) is 4.79 Å². The minimum Gasteiger partial charge on any atom is -0.395 e. The number of fused-ring (bicyclic) bond motifs is 1. The first-order valence-electron chi connectivity index (χ1n) is 8.27. The molecule has 1 aromatic heterocycles. The number of nitrogens with one attached hydrogen (secondary N) is 1. The van der Waals surface area contributed by atoms with Crippen molar-refractivity contribution in [2.24, 2.45) is 0 Å². The molecule has 1 saturated heterocycles. The van der Waals surface area contributed by atoms with Crippen LogP contribution in [-0.2, 0) is 6.67 Å². The molecule has 124 valence electrons. The lowest BCUT2D eigenvalue weighted by Crippen LogP contribution is -2.31. The molecule has 1 aliphatic heterocycles. The highest BCUT2D eigenvalue weighted by molar-refractivity contribution is 6.00. The lowest BCUT2D eigenvalue weighted by molar-refractivity contribution is 0.0944. The molecular weight excluding hydrogens is 292 g/mol. The van der Waals surface area contributed by atoms with Gasteiger partial charge >= 0.3 is 0 Å². The Morgan fingerprint density at radius 1 is 1.30 bits per heavy atom. The molecule has 0 unspecified atom stereocenters. The fourth-order valence-corrected chi connectivity index (χ4v) is 3.17. The normalized spacial score (nSPS) is 15.9. The minimum atomic E-state index is -0.151. The maximum absolute atomic E-state index is 12.1. The SMILES string of the molecule is Cc1c(C(=O)NCCO)ccc2nn(CN3CCCCC3)cc12. The summed E-state index contributed by atoms with van der Waals surface area (Å²) < 4.78 is 1.97. The number of nitrogens with zero attached hydrogens (tertiary/aromatic N) is 3. The van der Waals surface area contributed by atoms with Crippen LogP contribution >= 0.6 is 0 Å². The van der Waals surface area contributed by atoms with Gasteiger partial charge in [0.15, 0.2) is 0 Å². The van der Waals surface area contributed by atoms with Crippen molar-refractivity contribution in [3.63, 3.8) is 0 Å². The standard InChI is InChI=1S/C17H24N4O2/c1-13-14(17(23)18-7-10-22)5-6-16-15(13)11-21(19-16)12-20-8-3-2-4-9-20/h5-6,11,22H,2-4,7-10,12H2,1H3,(H,18,23). The Morgan fingerprint density at radius 2 is 2.09 bits per heavy atom. The molecule has 1 amide bonds. The average Bonchev–Trinajstić information content (AvgIpc) is 2.97. The van der Waals surface area contributed by atoms with Gasteiger partial charge in [0.2, 0.25) is 0 Å². The second-order valence-corrected chi connectivity index (χ2v) is 6.14. The van der Waals surface area contributed by atoms with Gasteiger partial charge < -0.3 is 10.4 Å². The van der Waals surface area contributed by atoms with E-state index in [0.717, 1.165) is 36.2 Å². The summed E-state index contributed by atoms with van der Waals surface area (Å²) in [4.78, 5) is 14.6. The molecule has 0 spiro atoms. The third-order valence-corrected chi connectivity index (χ3v) is 4.44. The van der Waals surface area contributed by atoms with E-state index in [1.165, 1.54) is 19.3 Å². The highest BCUT2D eigenvalue weighted by Crippen LogP contribution is 2.21. The Morgan fingerprint density at radius 3 is 2.83 bits per heavy atom. The van der Waals surface area contributed by atoms with Crippen molar-refractivity contribution in [3.8, 4) is 0 Å². The molecule has 6 nitrogen and oxygen atoms in total. The molecule has 0 bridgehead atoms. The third kappa shape index (κ3) is 3.54. The van der Waals surface area contributed by atoms with Crippen molar-refractivity contribution < 1.29 is 9.90 Å². The summed E-state index contributed by atoms with van der Waals surface area (Å²) in [5.74, 6) is -0.151. The Hall–Kier alpha value is -1.92. The number of aromatic nitrogens is 2. The molecule has 2 aromatic rings. The summed E-state index contributed by atoms with van der Waals surface area (Å²) in [6.45, 7) is 5.22. The summed E-state index contributed by atoms with van der Waals surface area (Å²) >= 11 is 0. The van der Waals surface area contributed by atoms with Crippen LogP contribution < -0.4 is 5.32 Å². The number of carbonyl (C=O) groups is 1. The van der Waals surface area contributed by atoms with Gasteiger partial charge in [-0.25, -0.2) is 0 Å². The van der Waals surface area contributed by atoms with Gasteiger partial charge in [-0.15, -0.1) is 0 Å². The predicted molar refractivity (Wildman–Crippen MR) is 89.3 cm³/mol. The topological polar surface area (TPSA) is 70.4 Å². The summed E-state index contributed by atoms with van der Waals surface area (Å²) in [6, 6.07) is 3.70. The maximum Gasteiger partial charge on any atom is 0.251 e. The van der Waals surface area contributed by atoms with Crippen LogP contribution in [0.1, 0.15) is 35.2 Å². The average molecular weight is 316 g/mol. The van der Waals surface area contributed by atoms with Crippen LogP contribution in [0.2, 0.25) is 0 Å². The number of benzene rings is 1. The first kappa shape index (κ1) is 16.0. The van der Waals surface area contributed by atoms with Crippen LogP contribution in [0.3, 0.4) is 0 Å². The zero-order valence-electron chi connectivity index (χ0n) is 13.6. The van der Waals surface area contributed by atoms with E-state index in [1.54, 1.807) is 0 Å². The molecule has 2 N–H and O–H groups in total. The number of hydrogen-bond acceptors (Lipinski definition) is 4. The van der Waals surface area contributed by atoms with Gasteiger partial charge in [-0.05, 0) is 50.6 Å². The van der Waals surface area contributed by atoms with E-state index < -0.39 is 0 Å². The quantitative estimate of drug-likeness (QED) is 0.877. The van der Waals surface area contributed by atoms with Gasteiger partial charge in [-0.2, -0.15) is 5.10 Å². The zero-order valence-corrected chi connectivity index (χ0v) is 13.6. The van der Waals surface area contributed by atoms with E-state index in [0.29, 0.717) is 5.56 Å². The smallest absolute Gasteiger partial charge is 0.251 e. The molecule has 0 atom stereocenters. The fourth-order valence-electron chi connectivity index (χ4n) is 3.17. The predicted octanol–water partition coefficient (Wildman–Crippen LogP) is 1.51. The Balaban J connectivity index is 1.81. The van der Waals surface area contributed by atoms with Crippen molar-refractivity contribution in [1.29, 1.82) is 0 Å². The molecular formula is C17H24N4O2. The van der Waals surface area contributed by atoms with Crippen molar-refractivity contribution in [2.75, 3.05) is 26.2 Å². The third-order valence-electron chi connectivity index (χ3n) is 4.44. The number of aliphatic hydroxyl groups excluding tert-OH is 1. The van der Waals surface area contributed by atoms with Crippen molar-refractivity contribution in [2.45, 2.75) is 32.9 Å². The van der Waals surface area contributed by atoms with Gasteiger partial charge in [0.25, 0.3) is 5.91 Å². The number of carbonyl (C=O) groups excluding carboxylic acids is 1. The molecule has 3 rings (SSSR count). The van der Waals surface area contributed by atoms with E-state index in [2.05, 4.69) is 15.3 Å². The molecule has 6 heteroatoms. The summed E-state index contributed by atoms with van der Waals surface area (Å²) in [5.41, 5.74) is 2.49. The Bertz CT molecular complexity index is 689. The molecule has 0 aliphatic carbocycles. The second kappa shape index (κ2) is 7.10. The van der Waals surface area contributed by atoms with Crippen LogP contribution in [0.15, 0.2) is 18.3 Å². The van der Waals surface area contributed by atoms with Crippen molar-refractivity contribution in [1.82, 2.24) is 20.0 Å². The highest BCUT2D eigenvalue weighted by Gasteiger charge is 2.15. The van der Waals surface area contributed by atoms with Crippen molar-refractivity contribution >= 4 is 16.8 Å². The summed E-state index contributed by atoms with van der Waals surface area (Å²) in [7, 11) is 0. The number of aliphatic hydroxyl groups is 1. The number of likely N-dealkylation sites (tertiary alicyclic amines) is 1. The monoisotopic (exact) mass is 316 g/mol. The summed E-state index contributed by atoms with van der Waals surface area (Å²) in [6.07, 6.45) is 5.87. The van der Waals surface area contributed by atoms with Crippen LogP contribution in [0.4, 0.5) is 0 Å². The number of piperidine rings is 1. The second-order valence-electron chi connectivity index (χ2n) is 6.14. The van der Waals surface area contributed by atoms with Crippen molar-refractivity contribution in [3.05, 3.63) is 29.5 Å². The van der Waals surface area contributed by atoms with Gasteiger partial charge in [-0.3, -0.25) is 14.4 Å². The first-order chi connectivity index (χ1) is 11.2. The molecule has 1 fully saturated rings. The van der Waals surface area contributed by atoms with Gasteiger partial charge in [0.05, 0.1) is 18.8 Å². The Kier molecular flexibility index (Phi) is 4.93. The molecule has 1 aliphatic rings. The van der Waals surface area contributed by atoms with E-state index in [1.807, 2.05) is 29.9 Å². The van der Waals surface area contributed by atoms with E-state index in [-0.39, 0.29) is 19.1 Å². The van der Waals surface area contributed by atoms with Gasteiger partial charge in [0, 0.05) is 23.7 Å². The van der Waals surface area contributed by atoms with E-state index in [4.69, 9.17) is 5.11 Å². The number of amides is 1. The lowest BCUT2D eigenvalue weighted by atomic mass is 10.0. The lowest BCUT2D eigenvalue weighted by Gasteiger charge is -2.25. The molecule has 23 heavy (non-hydrogen) atoms. The summed E-state index contributed by atoms with van der Waals surface area (Å²) in [5, 5.41) is 17.2. The highest BCUT2D eigenvalue weighted by atomic mass is 16.3. The molecule has 1 aromatic carbocycles. The van der Waals surface area contributed by atoms with Crippen LogP contribution in [0.5, 0.6) is 0 Å². The largest absolute Gasteiger partial charge is 0.395 e.